The van der Waals surface area contributed by atoms with Crippen molar-refractivity contribution in [1.82, 2.24) is 20.0 Å². The summed E-state index contributed by atoms with van der Waals surface area (Å²) in [5.41, 5.74) is 0.352. The molecule has 1 aromatic carbocycles. The van der Waals surface area contributed by atoms with E-state index < -0.39 is 47.7 Å². The van der Waals surface area contributed by atoms with Crippen LogP contribution in [0.4, 0.5) is 23.2 Å². The van der Waals surface area contributed by atoms with Gasteiger partial charge in [-0.05, 0) is 94.4 Å². The molecule has 1 aromatic heterocycles. The van der Waals surface area contributed by atoms with Crippen molar-refractivity contribution in [1.29, 1.82) is 0 Å². The molecule has 9 nitrogen and oxygen atoms in total. The molecular formula is C31H39F4N5O4. The van der Waals surface area contributed by atoms with Gasteiger partial charge in [-0.2, -0.15) is 18.3 Å². The zero-order valence-corrected chi connectivity index (χ0v) is 25.1. The van der Waals surface area contributed by atoms with Crippen LogP contribution in [-0.2, 0) is 14.3 Å². The molecule has 2 heterocycles. The molecule has 0 spiro atoms. The Morgan fingerprint density at radius 2 is 1.68 bits per heavy atom. The molecule has 3 fully saturated rings. The number of hydrogen-bond donors (Lipinski definition) is 2. The summed E-state index contributed by atoms with van der Waals surface area (Å²) < 4.78 is 63.2. The first kappa shape index (κ1) is 31.9. The number of benzene rings is 1. The van der Waals surface area contributed by atoms with Crippen molar-refractivity contribution >= 4 is 23.4 Å². The standard InChI is InChI=1S/C31H39F4N5O4/c1-17(2)40-24(10-12-36-40)28(41)38-27(26(19-4-5-19)20-6-7-20)29(42)37-23-9-8-21(16-22(23)32)18(3)30(43)39-13-15-44-14-11-25(39)31(33,34)35/h8-10,12,16-20,25-27H,4-7,11,13-15H2,1-3H3,(H,37,42)(H,38,41). The summed E-state index contributed by atoms with van der Waals surface area (Å²) in [4.78, 5) is 41.0. The van der Waals surface area contributed by atoms with Crippen LogP contribution in [0.1, 0.15) is 80.9 Å². The largest absolute Gasteiger partial charge is 0.408 e. The van der Waals surface area contributed by atoms with Crippen LogP contribution in [0.25, 0.3) is 0 Å². The van der Waals surface area contributed by atoms with Crippen molar-refractivity contribution < 1.29 is 36.7 Å². The minimum Gasteiger partial charge on any atom is -0.380 e. The molecule has 3 atom stereocenters. The lowest BCUT2D eigenvalue weighted by atomic mass is 9.88. The maximum absolute atomic E-state index is 15.4. The number of rotatable bonds is 10. The monoisotopic (exact) mass is 621 g/mol. The molecule has 0 bridgehead atoms. The van der Waals surface area contributed by atoms with E-state index in [1.165, 1.54) is 25.3 Å². The highest BCUT2D eigenvalue weighted by Gasteiger charge is 2.49. The number of anilines is 1. The van der Waals surface area contributed by atoms with E-state index in [2.05, 4.69) is 15.7 Å². The summed E-state index contributed by atoms with van der Waals surface area (Å²) in [6.45, 7) is 4.85. The lowest BCUT2D eigenvalue weighted by Gasteiger charge is -2.33. The van der Waals surface area contributed by atoms with Gasteiger partial charge in [0, 0.05) is 25.4 Å². The number of halogens is 4. The molecule has 240 valence electrons. The Morgan fingerprint density at radius 1 is 1.00 bits per heavy atom. The number of carbonyl (C=O) groups is 3. The Balaban J connectivity index is 1.33. The Kier molecular flexibility index (Phi) is 9.33. The third kappa shape index (κ3) is 7.08. The first-order valence-corrected chi connectivity index (χ1v) is 15.3. The van der Waals surface area contributed by atoms with E-state index in [0.29, 0.717) is 5.69 Å². The number of carbonyl (C=O) groups excluding carboxylic acids is 3. The Labute approximate surface area is 253 Å². The molecule has 1 saturated heterocycles. The molecule has 0 radical (unpaired) electrons. The summed E-state index contributed by atoms with van der Waals surface area (Å²) in [7, 11) is 0. The second-order valence-electron chi connectivity index (χ2n) is 12.4. The van der Waals surface area contributed by atoms with Gasteiger partial charge in [-0.15, -0.1) is 0 Å². The third-order valence-electron chi connectivity index (χ3n) is 8.85. The molecular weight excluding hydrogens is 582 g/mol. The van der Waals surface area contributed by atoms with Gasteiger partial charge < -0.3 is 20.3 Å². The fourth-order valence-electron chi connectivity index (χ4n) is 6.23. The lowest BCUT2D eigenvalue weighted by molar-refractivity contribution is -0.189. The molecule has 2 aliphatic carbocycles. The van der Waals surface area contributed by atoms with Crippen LogP contribution >= 0.6 is 0 Å². The van der Waals surface area contributed by atoms with E-state index >= 15 is 4.39 Å². The van der Waals surface area contributed by atoms with Gasteiger partial charge in [0.1, 0.15) is 23.6 Å². The van der Waals surface area contributed by atoms with Gasteiger partial charge in [0.05, 0.1) is 18.2 Å². The van der Waals surface area contributed by atoms with Gasteiger partial charge in [0.25, 0.3) is 5.91 Å². The average molecular weight is 622 g/mol. The second-order valence-corrected chi connectivity index (χ2v) is 12.4. The number of nitrogens with one attached hydrogen (secondary N) is 2. The van der Waals surface area contributed by atoms with Gasteiger partial charge in [-0.25, -0.2) is 4.39 Å². The fourth-order valence-corrected chi connectivity index (χ4v) is 6.23. The van der Waals surface area contributed by atoms with Crippen LogP contribution in [-0.4, -0.2) is 70.4 Å². The van der Waals surface area contributed by atoms with Crippen molar-refractivity contribution in [3.8, 4) is 0 Å². The Bertz CT molecular complexity index is 1360. The van der Waals surface area contributed by atoms with Crippen LogP contribution in [0.5, 0.6) is 0 Å². The number of amides is 3. The molecule has 3 amide bonds. The molecule has 13 heteroatoms. The fraction of sp³-hybridized carbons (Fsp3) is 0.613. The van der Waals surface area contributed by atoms with Gasteiger partial charge in [0.15, 0.2) is 0 Å². The molecule has 2 aromatic rings. The van der Waals surface area contributed by atoms with Crippen LogP contribution in [0.15, 0.2) is 30.5 Å². The van der Waals surface area contributed by atoms with Crippen molar-refractivity contribution in [2.24, 2.45) is 17.8 Å². The number of ether oxygens (including phenoxy) is 1. The minimum atomic E-state index is -4.62. The molecule has 2 saturated carbocycles. The van der Waals surface area contributed by atoms with E-state index in [-0.39, 0.29) is 61.2 Å². The summed E-state index contributed by atoms with van der Waals surface area (Å²) >= 11 is 0. The summed E-state index contributed by atoms with van der Waals surface area (Å²) in [6, 6.07) is 2.41. The van der Waals surface area contributed by atoms with E-state index in [0.717, 1.165) is 36.6 Å². The molecule has 2 N–H and O–H groups in total. The Morgan fingerprint density at radius 3 is 2.27 bits per heavy atom. The molecule has 1 aliphatic heterocycles. The minimum absolute atomic E-state index is 0.0232. The van der Waals surface area contributed by atoms with Crippen molar-refractivity contribution in [3.05, 3.63) is 47.5 Å². The lowest BCUT2D eigenvalue weighted by Crippen LogP contribution is -2.50. The predicted octanol–water partition coefficient (Wildman–Crippen LogP) is 5.06. The maximum atomic E-state index is 15.4. The first-order valence-electron chi connectivity index (χ1n) is 15.3. The number of alkyl halides is 3. The van der Waals surface area contributed by atoms with Crippen LogP contribution in [0, 0.1) is 23.6 Å². The van der Waals surface area contributed by atoms with E-state index in [4.69, 9.17) is 4.74 Å². The van der Waals surface area contributed by atoms with Crippen LogP contribution < -0.4 is 10.6 Å². The maximum Gasteiger partial charge on any atom is 0.408 e. The van der Waals surface area contributed by atoms with E-state index in [1.54, 1.807) is 10.7 Å². The van der Waals surface area contributed by atoms with E-state index in [1.807, 2.05) is 13.8 Å². The van der Waals surface area contributed by atoms with Crippen molar-refractivity contribution in [3.63, 3.8) is 0 Å². The summed E-state index contributed by atoms with van der Waals surface area (Å²) in [5, 5.41) is 9.75. The average Bonchev–Trinajstić information content (AvgIpc) is 3.90. The molecule has 5 rings (SSSR count). The smallest absolute Gasteiger partial charge is 0.380 e. The highest BCUT2D eigenvalue weighted by Crippen LogP contribution is 2.51. The summed E-state index contributed by atoms with van der Waals surface area (Å²) in [5.74, 6) is -3.19. The normalized spacial score (nSPS) is 20.8. The first-order chi connectivity index (χ1) is 20.9. The zero-order chi connectivity index (χ0) is 31.8. The highest BCUT2D eigenvalue weighted by atomic mass is 19.4. The van der Waals surface area contributed by atoms with Crippen molar-refractivity contribution in [2.75, 3.05) is 25.1 Å². The van der Waals surface area contributed by atoms with Crippen LogP contribution in [0.3, 0.4) is 0 Å². The van der Waals surface area contributed by atoms with Gasteiger partial charge in [-0.1, -0.05) is 6.07 Å². The quantitative estimate of drug-likeness (QED) is 0.361. The van der Waals surface area contributed by atoms with Gasteiger partial charge in [-0.3, -0.25) is 19.1 Å². The van der Waals surface area contributed by atoms with E-state index in [9.17, 15) is 27.6 Å². The van der Waals surface area contributed by atoms with Gasteiger partial charge in [0.2, 0.25) is 11.8 Å². The Hall–Kier alpha value is -3.48. The summed E-state index contributed by atoms with van der Waals surface area (Å²) in [6.07, 6.45) is 0.352. The molecule has 44 heavy (non-hydrogen) atoms. The zero-order valence-electron chi connectivity index (χ0n) is 25.1. The highest BCUT2D eigenvalue weighted by molar-refractivity contribution is 6.01. The number of hydrogen-bond acceptors (Lipinski definition) is 5. The molecule has 3 unspecified atom stereocenters. The van der Waals surface area contributed by atoms with Crippen LogP contribution in [0.2, 0.25) is 0 Å². The van der Waals surface area contributed by atoms with Gasteiger partial charge >= 0.3 is 6.18 Å². The van der Waals surface area contributed by atoms with Crippen molar-refractivity contribution in [2.45, 2.75) is 83.1 Å². The topological polar surface area (TPSA) is 106 Å². The number of aromatic nitrogens is 2. The number of nitrogens with zero attached hydrogens (tertiary/aromatic N) is 3. The SMILES string of the molecule is CC(C(=O)N1CCOCCC1C(F)(F)F)c1ccc(NC(=O)C(NC(=O)c2ccnn2C(C)C)C(C2CC2)C2CC2)c(F)c1. The third-order valence-corrected chi connectivity index (χ3v) is 8.85. The predicted molar refractivity (Wildman–Crippen MR) is 153 cm³/mol. The molecule has 3 aliphatic rings. The second kappa shape index (κ2) is 12.9.